The van der Waals surface area contributed by atoms with Crippen LogP contribution in [-0.2, 0) is 9.53 Å². The summed E-state index contributed by atoms with van der Waals surface area (Å²) in [5, 5.41) is 12.2. The van der Waals surface area contributed by atoms with E-state index in [4.69, 9.17) is 28.8 Å². The number of aryl methyl sites for hydroxylation is 1. The molecule has 264 valence electrons. The van der Waals surface area contributed by atoms with Crippen LogP contribution in [0.2, 0.25) is 0 Å². The van der Waals surface area contributed by atoms with Gasteiger partial charge >= 0.3 is 6.09 Å². The molecule has 0 atom stereocenters. The van der Waals surface area contributed by atoms with Gasteiger partial charge < -0.3 is 24.3 Å². The summed E-state index contributed by atoms with van der Waals surface area (Å²) in [6.07, 6.45) is 11.5. The van der Waals surface area contributed by atoms with Crippen molar-refractivity contribution in [1.82, 2.24) is 20.3 Å². The zero-order valence-electron chi connectivity index (χ0n) is 29.3. The predicted octanol–water partition coefficient (Wildman–Crippen LogP) is 6.94. The maximum Gasteiger partial charge on any atom is 0.407 e. The Morgan fingerprint density at radius 3 is 2.41 bits per heavy atom. The smallest absolute Gasteiger partial charge is 0.407 e. The van der Waals surface area contributed by atoms with Crippen molar-refractivity contribution in [2.45, 2.75) is 103 Å². The van der Waals surface area contributed by atoms with E-state index < -0.39 is 11.5 Å². The fourth-order valence-corrected chi connectivity index (χ4v) is 7.08. The molecule has 2 amide bonds. The fourth-order valence-electron chi connectivity index (χ4n) is 7.08. The minimum Gasteiger partial charge on any atom is -0.495 e. The quantitative estimate of drug-likeness (QED) is 0.209. The topological polar surface area (TPSA) is 140 Å². The van der Waals surface area contributed by atoms with Gasteiger partial charge in [-0.15, -0.1) is 0 Å². The number of nitrogens with zero attached hydrogens (tertiary/aromatic N) is 4. The summed E-state index contributed by atoms with van der Waals surface area (Å²) in [5.74, 6) is 3.26. The van der Waals surface area contributed by atoms with Crippen LogP contribution in [0, 0.1) is 24.2 Å². The number of nitrogens with one attached hydrogen (secondary N) is 1. The van der Waals surface area contributed by atoms with Gasteiger partial charge in [-0.2, -0.15) is 0 Å². The van der Waals surface area contributed by atoms with Crippen LogP contribution in [0.25, 0.3) is 11.3 Å². The Balaban J connectivity index is 1.13. The number of carbonyl (C=O) groups is 2. The van der Waals surface area contributed by atoms with Gasteiger partial charge in [0.2, 0.25) is 5.91 Å². The van der Waals surface area contributed by atoms with E-state index in [-0.39, 0.29) is 24.5 Å². The first-order chi connectivity index (χ1) is 23.6. The number of aliphatic hydroxyl groups excluding tert-OH is 1. The Morgan fingerprint density at radius 1 is 1.00 bits per heavy atom. The Labute approximate surface area is 289 Å². The minimum atomic E-state index is -0.479. The third-order valence-corrected chi connectivity index (χ3v) is 10.5. The van der Waals surface area contributed by atoms with Crippen molar-refractivity contribution in [1.29, 1.82) is 0 Å². The third-order valence-electron chi connectivity index (χ3n) is 10.5. The Kier molecular flexibility index (Phi) is 10.9. The van der Waals surface area contributed by atoms with Crippen molar-refractivity contribution in [3.8, 4) is 17.0 Å². The number of hydrogen-bond acceptors (Lipinski definition) is 9. The molecule has 0 radical (unpaired) electrons. The SMILES string of the molecule is COc1ccc([C@H]2CC[C@H](CN(c3cc(-c4coc(C5CC5)n4)ccn3)C(=O)[C@H]3CC[C@H](OC(=O)NCC(C)(C)CO)CC3)CC2)nc1C. The van der Waals surface area contributed by atoms with E-state index in [1.54, 1.807) is 19.6 Å². The number of alkyl carbamates (subject to hydrolysis) is 1. The molecule has 0 aliphatic heterocycles. The van der Waals surface area contributed by atoms with Crippen LogP contribution in [0.3, 0.4) is 0 Å². The molecule has 0 saturated heterocycles. The number of carbonyl (C=O) groups excluding carboxylic acids is 2. The van der Waals surface area contributed by atoms with E-state index in [2.05, 4.69) is 11.4 Å². The summed E-state index contributed by atoms with van der Waals surface area (Å²) in [7, 11) is 1.67. The number of pyridine rings is 2. The lowest BCUT2D eigenvalue weighted by molar-refractivity contribution is -0.124. The molecule has 3 heterocycles. The molecule has 3 aromatic rings. The average Bonchev–Trinajstić information content (AvgIpc) is 3.85. The number of aliphatic hydroxyl groups is 1. The van der Waals surface area contributed by atoms with Crippen molar-refractivity contribution in [3.63, 3.8) is 0 Å². The van der Waals surface area contributed by atoms with Crippen molar-refractivity contribution in [2.75, 3.05) is 31.7 Å². The van der Waals surface area contributed by atoms with E-state index in [0.29, 0.717) is 62.3 Å². The Hall–Kier alpha value is -3.99. The molecule has 2 N–H and O–H groups in total. The molecule has 3 aliphatic rings. The second-order valence-corrected chi connectivity index (χ2v) is 15.0. The second-order valence-electron chi connectivity index (χ2n) is 15.0. The zero-order chi connectivity index (χ0) is 34.5. The van der Waals surface area contributed by atoms with E-state index in [1.165, 1.54) is 0 Å². The number of hydrogen-bond donors (Lipinski definition) is 2. The van der Waals surface area contributed by atoms with Crippen LogP contribution in [0.1, 0.15) is 107 Å². The monoisotopic (exact) mass is 673 g/mol. The van der Waals surface area contributed by atoms with E-state index in [0.717, 1.165) is 72.8 Å². The molecular weight excluding hydrogens is 622 g/mol. The van der Waals surface area contributed by atoms with E-state index >= 15 is 0 Å². The summed E-state index contributed by atoms with van der Waals surface area (Å²) in [5.41, 5.74) is 3.25. The van der Waals surface area contributed by atoms with Crippen molar-refractivity contribution < 1.29 is 28.6 Å². The summed E-state index contributed by atoms with van der Waals surface area (Å²) in [4.78, 5) is 43.0. The molecule has 0 bridgehead atoms. The van der Waals surface area contributed by atoms with Gasteiger partial charge in [-0.1, -0.05) is 13.8 Å². The first-order valence-electron chi connectivity index (χ1n) is 17.9. The van der Waals surface area contributed by atoms with Gasteiger partial charge in [0.15, 0.2) is 5.89 Å². The number of oxazole rings is 1. The highest BCUT2D eigenvalue weighted by Gasteiger charge is 2.35. The first kappa shape index (κ1) is 34.9. The van der Waals surface area contributed by atoms with Crippen molar-refractivity contribution in [2.24, 2.45) is 17.3 Å². The Morgan fingerprint density at radius 2 is 1.73 bits per heavy atom. The van der Waals surface area contributed by atoms with Crippen LogP contribution in [0.5, 0.6) is 5.75 Å². The van der Waals surface area contributed by atoms with Crippen molar-refractivity contribution in [3.05, 3.63) is 54.0 Å². The lowest BCUT2D eigenvalue weighted by Gasteiger charge is -2.35. The van der Waals surface area contributed by atoms with E-state index in [9.17, 15) is 14.7 Å². The molecule has 6 rings (SSSR count). The molecule has 0 unspecified atom stereocenters. The molecule has 11 heteroatoms. The molecule has 49 heavy (non-hydrogen) atoms. The predicted molar refractivity (Wildman–Crippen MR) is 185 cm³/mol. The summed E-state index contributed by atoms with van der Waals surface area (Å²) >= 11 is 0. The number of rotatable bonds is 12. The lowest BCUT2D eigenvalue weighted by Crippen LogP contribution is -2.43. The standard InChI is InChI=1S/C38H51N5O6/c1-24-33(47-4)16-15-31(41-24)26-7-5-25(6-8-26)20-43(34-19-29(17-18-39-34)32-21-48-35(42-32)27-9-10-27)36(45)28-11-13-30(14-12-28)49-37(46)40-22-38(2,3)23-44/h15-19,21,25-28,30,44H,5-14,20,22-23H2,1-4H3,(H,40,46)/t25-,26-,28-,30-. The summed E-state index contributed by atoms with van der Waals surface area (Å²) in [6, 6.07) is 7.98. The molecule has 3 aliphatic carbocycles. The maximum atomic E-state index is 14.4. The second kappa shape index (κ2) is 15.3. The highest BCUT2D eigenvalue weighted by molar-refractivity contribution is 5.94. The fraction of sp³-hybridized carbons (Fsp3) is 0.605. The number of anilines is 1. The van der Waals surface area contributed by atoms with Crippen molar-refractivity contribution >= 4 is 17.8 Å². The Bertz CT molecular complexity index is 1590. The lowest BCUT2D eigenvalue weighted by atomic mass is 9.79. The number of aromatic nitrogens is 3. The van der Waals surface area contributed by atoms with E-state index in [1.807, 2.05) is 43.9 Å². The van der Waals surface area contributed by atoms with Gasteiger partial charge in [-0.05, 0) is 101 Å². The highest BCUT2D eigenvalue weighted by atomic mass is 16.6. The summed E-state index contributed by atoms with van der Waals surface area (Å²) in [6.45, 7) is 6.63. The average molecular weight is 674 g/mol. The molecule has 11 nitrogen and oxygen atoms in total. The molecule has 3 saturated carbocycles. The van der Waals surface area contributed by atoms with Crippen LogP contribution < -0.4 is 15.0 Å². The maximum absolute atomic E-state index is 14.4. The number of methoxy groups -OCH3 is 1. The molecule has 3 fully saturated rings. The molecule has 3 aromatic heterocycles. The summed E-state index contributed by atoms with van der Waals surface area (Å²) < 4.78 is 16.9. The first-order valence-corrected chi connectivity index (χ1v) is 17.9. The third kappa shape index (κ3) is 8.79. The van der Waals surface area contributed by atoms with Crippen LogP contribution in [-0.4, -0.2) is 65.0 Å². The van der Waals surface area contributed by atoms with Crippen LogP contribution in [0.4, 0.5) is 10.6 Å². The molecule has 0 aromatic carbocycles. The van der Waals surface area contributed by atoms with Gasteiger partial charge in [0.05, 0.1) is 12.8 Å². The largest absolute Gasteiger partial charge is 0.495 e. The van der Waals surface area contributed by atoms with Crippen LogP contribution in [0.15, 0.2) is 41.1 Å². The zero-order valence-corrected chi connectivity index (χ0v) is 29.3. The van der Waals surface area contributed by atoms with Gasteiger partial charge in [-0.25, -0.2) is 14.8 Å². The minimum absolute atomic E-state index is 0.0319. The number of amides is 2. The van der Waals surface area contributed by atoms with Gasteiger partial charge in [0.25, 0.3) is 0 Å². The molecule has 0 spiro atoms. The molecular formula is C38H51N5O6. The van der Waals surface area contributed by atoms with Gasteiger partial charge in [0.1, 0.15) is 29.6 Å². The van der Waals surface area contributed by atoms with Gasteiger partial charge in [0, 0.05) is 60.3 Å². The normalized spacial score (nSPS) is 22.7. The number of ether oxygens (including phenoxy) is 2. The van der Waals surface area contributed by atoms with Crippen LogP contribution >= 0.6 is 0 Å². The highest BCUT2D eigenvalue weighted by Crippen LogP contribution is 2.41. The van der Waals surface area contributed by atoms with Gasteiger partial charge in [-0.3, -0.25) is 14.7 Å².